The highest BCUT2D eigenvalue weighted by Crippen LogP contribution is 2.20. The number of ether oxygens (including phenoxy) is 1. The van der Waals surface area contributed by atoms with Gasteiger partial charge in [0.15, 0.2) is 0 Å². The van der Waals surface area contributed by atoms with E-state index in [1.54, 1.807) is 6.20 Å². The number of hydrogen-bond acceptors (Lipinski definition) is 3. The zero-order valence-corrected chi connectivity index (χ0v) is 13.8. The number of hydrogen-bond donors (Lipinski definition) is 1. The van der Waals surface area contributed by atoms with E-state index in [0.29, 0.717) is 18.4 Å². The summed E-state index contributed by atoms with van der Waals surface area (Å²) in [5.74, 6) is 1.70. The number of aryl methyl sites for hydroxylation is 1. The van der Waals surface area contributed by atoms with E-state index in [2.05, 4.69) is 24.1 Å². The van der Waals surface area contributed by atoms with E-state index in [-0.39, 0.29) is 6.03 Å². The summed E-state index contributed by atoms with van der Waals surface area (Å²) in [4.78, 5) is 18.2. The van der Waals surface area contributed by atoms with Crippen molar-refractivity contribution in [1.29, 1.82) is 0 Å². The lowest BCUT2D eigenvalue weighted by atomic mass is 9.98. The predicted octanol–water partition coefficient (Wildman–Crippen LogP) is 2.85. The van der Waals surface area contributed by atoms with Gasteiger partial charge in [-0.25, -0.2) is 9.78 Å². The molecule has 0 atom stereocenters. The van der Waals surface area contributed by atoms with Gasteiger partial charge in [-0.3, -0.25) is 0 Å². The number of piperidine rings is 1. The number of carbonyl (C=O) groups is 1. The third kappa shape index (κ3) is 4.90. The summed E-state index contributed by atoms with van der Waals surface area (Å²) in [6, 6.07) is 3.98. The van der Waals surface area contributed by atoms with Crippen LogP contribution in [-0.2, 0) is 0 Å². The Morgan fingerprint density at radius 2 is 2.18 bits per heavy atom. The van der Waals surface area contributed by atoms with E-state index in [1.165, 1.54) is 0 Å². The van der Waals surface area contributed by atoms with Crippen molar-refractivity contribution in [1.82, 2.24) is 15.2 Å². The number of urea groups is 1. The van der Waals surface area contributed by atoms with E-state index in [1.807, 2.05) is 24.0 Å². The fourth-order valence-corrected chi connectivity index (χ4v) is 2.53. The monoisotopic (exact) mass is 305 g/mol. The molecule has 0 aromatic carbocycles. The minimum Gasteiger partial charge on any atom is -0.477 e. The molecule has 0 bridgehead atoms. The first kappa shape index (κ1) is 16.6. The normalized spacial score (nSPS) is 15.9. The number of carbonyl (C=O) groups excluding carboxylic acids is 1. The Labute approximate surface area is 133 Å². The predicted molar refractivity (Wildman–Crippen MR) is 87.0 cm³/mol. The molecule has 0 saturated carbocycles. The van der Waals surface area contributed by atoms with E-state index in [4.69, 9.17) is 4.74 Å². The number of nitrogens with zero attached hydrogens (tertiary/aromatic N) is 2. The molecule has 1 N–H and O–H groups in total. The van der Waals surface area contributed by atoms with Crippen LogP contribution in [0.3, 0.4) is 0 Å². The van der Waals surface area contributed by atoms with E-state index < -0.39 is 0 Å². The average molecular weight is 305 g/mol. The van der Waals surface area contributed by atoms with Crippen LogP contribution >= 0.6 is 0 Å². The molecule has 2 heterocycles. The second-order valence-corrected chi connectivity index (χ2v) is 6.45. The maximum absolute atomic E-state index is 12.0. The summed E-state index contributed by atoms with van der Waals surface area (Å²) in [5, 5.41) is 2.98. The Balaban J connectivity index is 1.71. The molecular weight excluding hydrogens is 278 g/mol. The lowest BCUT2D eigenvalue weighted by Crippen LogP contribution is -2.46. The van der Waals surface area contributed by atoms with E-state index >= 15 is 0 Å². The minimum absolute atomic E-state index is 0.0636. The first-order valence-corrected chi connectivity index (χ1v) is 8.13. The van der Waals surface area contributed by atoms with Crippen molar-refractivity contribution in [2.24, 2.45) is 11.8 Å². The van der Waals surface area contributed by atoms with Gasteiger partial charge in [0.05, 0.1) is 6.61 Å². The van der Waals surface area contributed by atoms with Crippen LogP contribution in [-0.4, -0.2) is 42.2 Å². The van der Waals surface area contributed by atoms with Crippen LogP contribution in [0.5, 0.6) is 5.88 Å². The quantitative estimate of drug-likeness (QED) is 0.910. The Morgan fingerprint density at radius 1 is 1.45 bits per heavy atom. The molecule has 5 nitrogen and oxygen atoms in total. The molecule has 0 radical (unpaired) electrons. The molecule has 122 valence electrons. The highest BCUT2D eigenvalue weighted by atomic mass is 16.5. The molecule has 1 aromatic heterocycles. The summed E-state index contributed by atoms with van der Waals surface area (Å²) in [7, 11) is 0. The largest absolute Gasteiger partial charge is 0.477 e. The summed E-state index contributed by atoms with van der Waals surface area (Å²) in [5.41, 5.74) is 1.06. The van der Waals surface area contributed by atoms with Crippen molar-refractivity contribution >= 4 is 6.03 Å². The van der Waals surface area contributed by atoms with Gasteiger partial charge in [0.25, 0.3) is 0 Å². The molecule has 1 saturated heterocycles. The van der Waals surface area contributed by atoms with Crippen LogP contribution in [0.25, 0.3) is 0 Å². The molecule has 1 fully saturated rings. The van der Waals surface area contributed by atoms with Crippen molar-refractivity contribution in [3.8, 4) is 5.88 Å². The van der Waals surface area contributed by atoms with Crippen LogP contribution in [0.2, 0.25) is 0 Å². The summed E-state index contributed by atoms with van der Waals surface area (Å²) < 4.78 is 5.82. The Hall–Kier alpha value is -1.78. The highest BCUT2D eigenvalue weighted by molar-refractivity contribution is 5.74. The Morgan fingerprint density at radius 3 is 2.82 bits per heavy atom. The molecule has 1 aliphatic heterocycles. The molecule has 2 amide bonds. The van der Waals surface area contributed by atoms with Gasteiger partial charge in [-0.2, -0.15) is 0 Å². The Bertz CT molecular complexity index is 483. The fraction of sp³-hybridized carbons (Fsp3) is 0.647. The lowest BCUT2D eigenvalue weighted by molar-refractivity contribution is 0.142. The minimum atomic E-state index is 0.0636. The smallest absolute Gasteiger partial charge is 0.317 e. The van der Waals surface area contributed by atoms with Crippen molar-refractivity contribution in [2.75, 3.05) is 26.2 Å². The van der Waals surface area contributed by atoms with Crippen molar-refractivity contribution in [3.63, 3.8) is 0 Å². The summed E-state index contributed by atoms with van der Waals surface area (Å²) >= 11 is 0. The third-order valence-electron chi connectivity index (χ3n) is 3.98. The van der Waals surface area contributed by atoms with Gasteiger partial charge >= 0.3 is 6.03 Å². The first-order valence-electron chi connectivity index (χ1n) is 8.13. The van der Waals surface area contributed by atoms with Crippen molar-refractivity contribution in [2.45, 2.75) is 33.6 Å². The molecule has 1 aromatic rings. The maximum Gasteiger partial charge on any atom is 0.317 e. The van der Waals surface area contributed by atoms with Crippen LogP contribution < -0.4 is 10.1 Å². The number of amides is 2. The van der Waals surface area contributed by atoms with Crippen LogP contribution in [0, 0.1) is 18.8 Å². The molecular formula is C17H27N3O2. The van der Waals surface area contributed by atoms with Gasteiger partial charge in [0, 0.05) is 31.4 Å². The van der Waals surface area contributed by atoms with Gasteiger partial charge in [0.1, 0.15) is 0 Å². The van der Waals surface area contributed by atoms with Crippen LogP contribution in [0.1, 0.15) is 32.3 Å². The standard InChI is InChI=1S/C17H27N3O2/c1-13(2)11-19-17(21)20-9-6-15(7-10-20)12-22-16-14(3)5-4-8-18-16/h4-5,8,13,15H,6-7,9-12H2,1-3H3,(H,19,21). The van der Waals surface area contributed by atoms with Crippen molar-refractivity contribution in [3.05, 3.63) is 23.9 Å². The lowest BCUT2D eigenvalue weighted by Gasteiger charge is -2.32. The molecule has 1 aliphatic rings. The number of likely N-dealkylation sites (tertiary alicyclic amines) is 1. The number of rotatable bonds is 5. The van der Waals surface area contributed by atoms with Gasteiger partial charge < -0.3 is 15.0 Å². The molecule has 22 heavy (non-hydrogen) atoms. The molecule has 0 spiro atoms. The Kier molecular flexibility index (Phi) is 6.04. The van der Waals surface area contributed by atoms with Crippen molar-refractivity contribution < 1.29 is 9.53 Å². The fourth-order valence-electron chi connectivity index (χ4n) is 2.53. The van der Waals surface area contributed by atoms with Crippen LogP contribution in [0.4, 0.5) is 4.79 Å². The van der Waals surface area contributed by atoms with E-state index in [9.17, 15) is 4.79 Å². The summed E-state index contributed by atoms with van der Waals surface area (Å²) in [6.07, 6.45) is 3.73. The van der Waals surface area contributed by atoms with Gasteiger partial charge in [0.2, 0.25) is 5.88 Å². The average Bonchev–Trinajstić information content (AvgIpc) is 2.52. The number of nitrogens with one attached hydrogen (secondary N) is 1. The molecule has 5 heteroatoms. The second-order valence-electron chi connectivity index (χ2n) is 6.45. The first-order chi connectivity index (χ1) is 10.6. The zero-order chi connectivity index (χ0) is 15.9. The van der Waals surface area contributed by atoms with Gasteiger partial charge in [-0.15, -0.1) is 0 Å². The maximum atomic E-state index is 12.0. The SMILES string of the molecule is Cc1cccnc1OCC1CCN(C(=O)NCC(C)C)CC1. The molecule has 0 aliphatic carbocycles. The molecule has 2 rings (SSSR count). The third-order valence-corrected chi connectivity index (χ3v) is 3.98. The van der Waals surface area contributed by atoms with E-state index in [0.717, 1.165) is 43.9 Å². The number of aromatic nitrogens is 1. The zero-order valence-electron chi connectivity index (χ0n) is 13.8. The van der Waals surface area contributed by atoms with Crippen LogP contribution in [0.15, 0.2) is 18.3 Å². The number of pyridine rings is 1. The highest BCUT2D eigenvalue weighted by Gasteiger charge is 2.23. The van der Waals surface area contributed by atoms with Gasteiger partial charge in [-0.1, -0.05) is 19.9 Å². The molecule has 0 unspecified atom stereocenters. The van der Waals surface area contributed by atoms with Gasteiger partial charge in [-0.05, 0) is 37.7 Å². The topological polar surface area (TPSA) is 54.5 Å². The summed E-state index contributed by atoms with van der Waals surface area (Å²) in [6.45, 7) is 9.23. The second kappa shape index (κ2) is 8.01.